The minimum Gasteiger partial charge on any atom is -0.549 e. The molecule has 0 saturated carbocycles. The minimum atomic E-state index is -1.45. The Bertz CT molecular complexity index is 1410. The van der Waals surface area contributed by atoms with E-state index < -0.39 is 22.6 Å². The molecule has 0 saturated heterocycles. The van der Waals surface area contributed by atoms with Gasteiger partial charge in [0.2, 0.25) is 6.54 Å². The fourth-order valence-electron chi connectivity index (χ4n) is 3.24. The van der Waals surface area contributed by atoms with Crippen molar-refractivity contribution in [1.82, 2.24) is 0 Å². The van der Waals surface area contributed by atoms with Crippen molar-refractivity contribution >= 4 is 34.9 Å². The summed E-state index contributed by atoms with van der Waals surface area (Å²) >= 11 is 0. The molecule has 1 atom stereocenters. The number of carboxylic acids is 1. The summed E-state index contributed by atoms with van der Waals surface area (Å²) in [6, 6.07) is 20.7. The molecule has 206 valence electrons. The fourth-order valence-corrected chi connectivity index (χ4v) is 3.24. The monoisotopic (exact) mass is 542 g/mol. The third-order valence-corrected chi connectivity index (χ3v) is 5.36. The quantitative estimate of drug-likeness (QED) is 0.129. The molecule has 0 aliphatic rings. The first-order chi connectivity index (χ1) is 18.9. The lowest BCUT2D eigenvalue weighted by atomic mass is 9.90. The molecule has 0 bridgehead atoms. The van der Waals surface area contributed by atoms with Gasteiger partial charge in [-0.1, -0.05) is 55.6 Å². The van der Waals surface area contributed by atoms with Crippen molar-refractivity contribution in [3.05, 3.63) is 130 Å². The van der Waals surface area contributed by atoms with E-state index in [1.807, 2.05) is 0 Å². The second kappa shape index (κ2) is 14.5. The number of Topliss-reactive ketones (excluding diaryl/α,β-unsaturated/α-hetero) is 1. The maximum absolute atomic E-state index is 12.5. The highest BCUT2D eigenvalue weighted by atomic mass is 16.6. The van der Waals surface area contributed by atoms with Crippen LogP contribution in [0.5, 0.6) is 0 Å². The summed E-state index contributed by atoms with van der Waals surface area (Å²) in [6.45, 7) is 10.0. The highest BCUT2D eigenvalue weighted by Crippen LogP contribution is 2.22. The molecular weight excluding hydrogens is 514 g/mol. The third kappa shape index (κ3) is 9.49. The molecule has 3 aromatic carbocycles. The van der Waals surface area contributed by atoms with Gasteiger partial charge in [-0.15, -0.1) is 0 Å². The van der Waals surface area contributed by atoms with E-state index in [2.05, 4.69) is 23.8 Å². The molecule has 0 radical (unpaired) electrons. The Labute approximate surface area is 231 Å². The third-order valence-electron chi connectivity index (χ3n) is 5.36. The molecule has 3 rings (SSSR count). The first kappa shape index (κ1) is 30.8. The van der Waals surface area contributed by atoms with Crippen molar-refractivity contribution in [3.8, 4) is 0 Å². The van der Waals surface area contributed by atoms with E-state index in [0.717, 1.165) is 0 Å². The largest absolute Gasteiger partial charge is 0.549 e. The lowest BCUT2D eigenvalue weighted by Crippen LogP contribution is -2.34. The summed E-state index contributed by atoms with van der Waals surface area (Å²) in [7, 11) is 0. The van der Waals surface area contributed by atoms with Crippen LogP contribution in [0.25, 0.3) is 0 Å². The number of nitro groups is 1. The van der Waals surface area contributed by atoms with Gasteiger partial charge in [-0.05, 0) is 55.8 Å². The normalized spacial score (nSPS) is 10.7. The van der Waals surface area contributed by atoms with E-state index in [4.69, 9.17) is 0 Å². The first-order valence-corrected chi connectivity index (χ1v) is 11.9. The zero-order valence-electron chi connectivity index (χ0n) is 22.0. The average molecular weight is 543 g/mol. The number of hydrogen-bond acceptors (Lipinski definition) is 7. The van der Waals surface area contributed by atoms with Crippen molar-refractivity contribution in [3.63, 3.8) is 0 Å². The number of benzene rings is 3. The number of nitrogens with zero attached hydrogens (tertiary/aromatic N) is 1. The Morgan fingerprint density at radius 1 is 0.775 bits per heavy atom. The van der Waals surface area contributed by atoms with E-state index in [9.17, 15) is 34.4 Å². The van der Waals surface area contributed by atoms with Crippen LogP contribution in [0, 0.1) is 10.1 Å². The number of nitrogens with one attached hydrogen (secondary N) is 2. The summed E-state index contributed by atoms with van der Waals surface area (Å²) in [5.74, 6) is -3.99. The van der Waals surface area contributed by atoms with Gasteiger partial charge in [0, 0.05) is 38.6 Å². The van der Waals surface area contributed by atoms with Crippen LogP contribution in [0.3, 0.4) is 0 Å². The smallest absolute Gasteiger partial charge is 0.250 e. The van der Waals surface area contributed by atoms with E-state index in [0.29, 0.717) is 33.6 Å². The van der Waals surface area contributed by atoms with Crippen LogP contribution in [0.4, 0.5) is 11.4 Å². The molecule has 0 fully saturated rings. The highest BCUT2D eigenvalue weighted by Gasteiger charge is 2.23. The Morgan fingerprint density at radius 3 is 1.62 bits per heavy atom. The zero-order chi connectivity index (χ0) is 29.8. The lowest BCUT2D eigenvalue weighted by molar-refractivity contribution is -0.496. The highest BCUT2D eigenvalue weighted by molar-refractivity contribution is 6.12. The van der Waals surface area contributed by atoms with Gasteiger partial charge in [-0.2, -0.15) is 0 Å². The van der Waals surface area contributed by atoms with Gasteiger partial charge in [-0.25, -0.2) is 0 Å². The molecule has 10 heteroatoms. The predicted octanol–water partition coefficient (Wildman–Crippen LogP) is 3.90. The summed E-state index contributed by atoms with van der Waals surface area (Å²) in [5.41, 5.74) is 3.04. The second-order valence-electron chi connectivity index (χ2n) is 8.76. The number of ketones is 1. The van der Waals surface area contributed by atoms with E-state index in [-0.39, 0.29) is 23.9 Å². The topological polar surface area (TPSA) is 159 Å². The van der Waals surface area contributed by atoms with Crippen LogP contribution in [0.15, 0.2) is 103 Å². The summed E-state index contributed by atoms with van der Waals surface area (Å²) in [6.07, 6.45) is 0. The van der Waals surface area contributed by atoms with Crippen LogP contribution >= 0.6 is 0 Å². The van der Waals surface area contributed by atoms with Crippen LogP contribution in [0.2, 0.25) is 0 Å². The molecule has 0 aliphatic heterocycles. The molecule has 40 heavy (non-hydrogen) atoms. The van der Waals surface area contributed by atoms with Gasteiger partial charge in [0.1, 0.15) is 0 Å². The SMILES string of the molecule is C=C(C)C(=O)Nc1ccc(C(=O)C(C(=O)[O-])c2ccccc2)cc1.C=C(C)C(=O)Nc1ccc(C[N+](=O)[O-])cc1. The van der Waals surface area contributed by atoms with Gasteiger partial charge in [0.25, 0.3) is 11.8 Å². The van der Waals surface area contributed by atoms with Crippen molar-refractivity contribution in [1.29, 1.82) is 0 Å². The van der Waals surface area contributed by atoms with Gasteiger partial charge in [0.05, 0.1) is 11.9 Å². The molecule has 0 spiro atoms. The lowest BCUT2D eigenvalue weighted by Gasteiger charge is -2.17. The molecule has 2 N–H and O–H groups in total. The molecule has 0 aliphatic carbocycles. The minimum absolute atomic E-state index is 0.214. The molecule has 3 aromatic rings. The van der Waals surface area contributed by atoms with Crippen LogP contribution in [0.1, 0.15) is 41.3 Å². The Hall–Kier alpha value is -5.38. The van der Waals surface area contributed by atoms with E-state index in [1.54, 1.807) is 68.4 Å². The van der Waals surface area contributed by atoms with Crippen molar-refractivity contribution in [2.45, 2.75) is 26.3 Å². The number of rotatable bonds is 10. The number of carbonyl (C=O) groups excluding carboxylic acids is 4. The van der Waals surface area contributed by atoms with Gasteiger partial charge in [-0.3, -0.25) is 24.5 Å². The molecule has 0 aromatic heterocycles. The summed E-state index contributed by atoms with van der Waals surface area (Å²) in [4.78, 5) is 56.6. The Morgan fingerprint density at radius 2 is 1.23 bits per heavy atom. The zero-order valence-corrected chi connectivity index (χ0v) is 22.0. The van der Waals surface area contributed by atoms with Gasteiger partial charge in [0.15, 0.2) is 5.78 Å². The number of anilines is 2. The van der Waals surface area contributed by atoms with Gasteiger partial charge >= 0.3 is 0 Å². The predicted molar refractivity (Wildman–Crippen MR) is 149 cm³/mol. The van der Waals surface area contributed by atoms with Crippen molar-refractivity contribution < 1.29 is 29.2 Å². The summed E-state index contributed by atoms with van der Waals surface area (Å²) in [5, 5.41) is 26.9. The Kier molecular flexibility index (Phi) is 11.2. The molecule has 0 heterocycles. The molecular formula is C30H28N3O7-. The van der Waals surface area contributed by atoms with Crippen molar-refractivity contribution in [2.75, 3.05) is 10.6 Å². The summed E-state index contributed by atoms with van der Waals surface area (Å²) < 4.78 is 0. The maximum Gasteiger partial charge on any atom is 0.250 e. The number of hydrogen-bond donors (Lipinski definition) is 2. The van der Waals surface area contributed by atoms with Crippen LogP contribution in [-0.2, 0) is 20.9 Å². The van der Waals surface area contributed by atoms with Gasteiger partial charge < -0.3 is 20.5 Å². The van der Waals surface area contributed by atoms with Crippen LogP contribution in [-0.4, -0.2) is 28.5 Å². The standard InChI is InChI=1S/C19H17NO4.C11H12N2O3/c1-12(2)18(22)20-15-10-8-14(9-11-15)17(21)16(19(23)24)13-6-4-3-5-7-13;1-8(2)11(14)12-10-5-3-9(4-6-10)7-13(15)16/h3-11,16H,1H2,2H3,(H,20,22)(H,23,24);3-6H,1,7H2,2H3,(H,12,14)/p-1. The van der Waals surface area contributed by atoms with Crippen molar-refractivity contribution in [2.24, 2.45) is 0 Å². The number of carboxylic acid groups (broad SMARTS) is 1. The Balaban J connectivity index is 0.000000305. The fraction of sp³-hybridized carbons (Fsp3) is 0.133. The van der Waals surface area contributed by atoms with E-state index >= 15 is 0 Å². The second-order valence-corrected chi connectivity index (χ2v) is 8.76. The van der Waals surface area contributed by atoms with E-state index in [1.165, 1.54) is 24.3 Å². The number of amides is 2. The molecule has 2 amide bonds. The molecule has 1 unspecified atom stereocenters. The molecule has 10 nitrogen and oxygen atoms in total. The average Bonchev–Trinajstić information content (AvgIpc) is 2.90. The first-order valence-electron chi connectivity index (χ1n) is 11.9. The number of carbonyl (C=O) groups is 4. The van der Waals surface area contributed by atoms with Crippen LogP contribution < -0.4 is 15.7 Å². The number of aliphatic carboxylic acids is 1. The maximum atomic E-state index is 12.5.